The standard InChI is InChI=1S/C23H22F3NO4S/c1-13-11-16(5-9-19(13)31-12-21(29)30)18(28)8-10-20-14(2)27-22(32-20)15-3-6-17(7-4-15)23(24,25)26/h3-7,9,11,18,28H,8,10,12H2,1-2H3,(H,29,30). The van der Waals surface area contributed by atoms with Crippen molar-refractivity contribution in [1.82, 2.24) is 4.98 Å². The number of hydrogen-bond donors (Lipinski definition) is 2. The van der Waals surface area contributed by atoms with Gasteiger partial charge in [-0.1, -0.05) is 18.2 Å². The summed E-state index contributed by atoms with van der Waals surface area (Å²) in [6, 6.07) is 10.0. The van der Waals surface area contributed by atoms with Crippen LogP contribution in [0.5, 0.6) is 5.75 Å². The minimum absolute atomic E-state index is 0.435. The largest absolute Gasteiger partial charge is 0.482 e. The van der Waals surface area contributed by atoms with Gasteiger partial charge in [-0.15, -0.1) is 11.3 Å². The van der Waals surface area contributed by atoms with E-state index < -0.39 is 30.4 Å². The molecule has 2 N–H and O–H groups in total. The molecule has 0 aliphatic rings. The Morgan fingerprint density at radius 2 is 1.84 bits per heavy atom. The molecule has 9 heteroatoms. The quantitative estimate of drug-likeness (QED) is 0.454. The van der Waals surface area contributed by atoms with E-state index in [9.17, 15) is 23.1 Å². The Kier molecular flexibility index (Phi) is 7.20. The number of nitrogens with zero attached hydrogens (tertiary/aromatic N) is 1. The summed E-state index contributed by atoms with van der Waals surface area (Å²) in [6.07, 6.45) is -4.12. The predicted octanol–water partition coefficient (Wildman–Crippen LogP) is 5.58. The van der Waals surface area contributed by atoms with Crippen LogP contribution in [-0.4, -0.2) is 27.8 Å². The highest BCUT2D eigenvalue weighted by Gasteiger charge is 2.30. The van der Waals surface area contributed by atoms with Gasteiger partial charge in [0.05, 0.1) is 17.4 Å². The number of rotatable bonds is 8. The van der Waals surface area contributed by atoms with Gasteiger partial charge in [-0.3, -0.25) is 0 Å². The van der Waals surface area contributed by atoms with E-state index in [1.807, 2.05) is 6.92 Å². The normalized spacial score (nSPS) is 12.6. The highest BCUT2D eigenvalue weighted by atomic mass is 32.1. The molecule has 0 aliphatic carbocycles. The fourth-order valence-electron chi connectivity index (χ4n) is 3.20. The zero-order valence-corrected chi connectivity index (χ0v) is 18.3. The van der Waals surface area contributed by atoms with Gasteiger partial charge in [0.1, 0.15) is 10.8 Å². The minimum atomic E-state index is -4.38. The Morgan fingerprint density at radius 3 is 2.44 bits per heavy atom. The molecule has 0 bridgehead atoms. The molecule has 0 aliphatic heterocycles. The number of aliphatic hydroxyl groups excluding tert-OH is 1. The fraction of sp³-hybridized carbons (Fsp3) is 0.304. The summed E-state index contributed by atoms with van der Waals surface area (Å²) >= 11 is 1.40. The molecular weight excluding hydrogens is 443 g/mol. The van der Waals surface area contributed by atoms with E-state index in [0.29, 0.717) is 34.7 Å². The van der Waals surface area contributed by atoms with Crippen molar-refractivity contribution in [2.45, 2.75) is 39.0 Å². The number of alkyl halides is 3. The van der Waals surface area contributed by atoms with E-state index in [1.165, 1.54) is 23.5 Å². The van der Waals surface area contributed by atoms with Crippen LogP contribution in [0.25, 0.3) is 10.6 Å². The molecule has 3 rings (SSSR count). The summed E-state index contributed by atoms with van der Waals surface area (Å²) in [6.45, 7) is 3.18. The van der Waals surface area contributed by atoms with Gasteiger partial charge in [-0.25, -0.2) is 9.78 Å². The molecule has 0 amide bonds. The Balaban J connectivity index is 1.65. The number of thiazole rings is 1. The molecule has 32 heavy (non-hydrogen) atoms. The Hall–Kier alpha value is -2.91. The van der Waals surface area contributed by atoms with Crippen LogP contribution >= 0.6 is 11.3 Å². The molecule has 1 aromatic heterocycles. The first-order valence-electron chi connectivity index (χ1n) is 9.81. The van der Waals surface area contributed by atoms with Gasteiger partial charge in [-0.05, 0) is 62.1 Å². The van der Waals surface area contributed by atoms with Crippen LogP contribution in [0.1, 0.15) is 39.8 Å². The van der Waals surface area contributed by atoms with Gasteiger partial charge in [0.2, 0.25) is 0 Å². The molecule has 0 spiro atoms. The average molecular weight is 465 g/mol. The second kappa shape index (κ2) is 9.70. The molecule has 0 fully saturated rings. The summed E-state index contributed by atoms with van der Waals surface area (Å²) in [4.78, 5) is 16.1. The van der Waals surface area contributed by atoms with Gasteiger partial charge in [0.25, 0.3) is 0 Å². The lowest BCUT2D eigenvalue weighted by atomic mass is 10.0. The Bertz CT molecular complexity index is 1090. The third-order valence-corrected chi connectivity index (χ3v) is 6.20. The highest BCUT2D eigenvalue weighted by molar-refractivity contribution is 7.15. The third-order valence-electron chi connectivity index (χ3n) is 4.93. The number of halogens is 3. The van der Waals surface area contributed by atoms with Gasteiger partial charge < -0.3 is 14.9 Å². The minimum Gasteiger partial charge on any atom is -0.482 e. The van der Waals surface area contributed by atoms with Gasteiger partial charge in [0.15, 0.2) is 6.61 Å². The number of aliphatic hydroxyl groups is 1. The van der Waals surface area contributed by atoms with E-state index in [1.54, 1.807) is 25.1 Å². The lowest BCUT2D eigenvalue weighted by Crippen LogP contribution is -2.10. The number of carboxylic acids is 1. The van der Waals surface area contributed by atoms with Crippen LogP contribution in [0.15, 0.2) is 42.5 Å². The molecule has 0 saturated heterocycles. The lowest BCUT2D eigenvalue weighted by molar-refractivity contribution is -0.139. The number of ether oxygens (including phenoxy) is 1. The zero-order chi connectivity index (χ0) is 23.5. The third kappa shape index (κ3) is 5.86. The van der Waals surface area contributed by atoms with Crippen molar-refractivity contribution in [3.8, 4) is 16.3 Å². The van der Waals surface area contributed by atoms with Crippen molar-refractivity contribution in [2.24, 2.45) is 0 Å². The Morgan fingerprint density at radius 1 is 1.16 bits per heavy atom. The summed E-state index contributed by atoms with van der Waals surface area (Å²) < 4.78 is 43.5. The molecule has 1 unspecified atom stereocenters. The summed E-state index contributed by atoms with van der Waals surface area (Å²) in [5, 5.41) is 19.9. The topological polar surface area (TPSA) is 79.7 Å². The molecule has 5 nitrogen and oxygen atoms in total. The van der Waals surface area contributed by atoms with Gasteiger partial charge >= 0.3 is 12.1 Å². The van der Waals surface area contributed by atoms with E-state index in [0.717, 1.165) is 28.3 Å². The first-order chi connectivity index (χ1) is 15.0. The number of aryl methyl sites for hydroxylation is 3. The zero-order valence-electron chi connectivity index (χ0n) is 17.4. The number of hydrogen-bond acceptors (Lipinski definition) is 5. The molecule has 3 aromatic rings. The van der Waals surface area contributed by atoms with E-state index in [-0.39, 0.29) is 0 Å². The number of aromatic nitrogens is 1. The van der Waals surface area contributed by atoms with E-state index in [2.05, 4.69) is 4.98 Å². The number of benzene rings is 2. The monoisotopic (exact) mass is 465 g/mol. The molecule has 0 radical (unpaired) electrons. The first-order valence-corrected chi connectivity index (χ1v) is 10.6. The van der Waals surface area contributed by atoms with Crippen molar-refractivity contribution in [2.75, 3.05) is 6.61 Å². The number of carbonyl (C=O) groups is 1. The van der Waals surface area contributed by atoms with Crippen molar-refractivity contribution >= 4 is 17.3 Å². The SMILES string of the molecule is Cc1cc(C(O)CCc2sc(-c3ccc(C(F)(F)F)cc3)nc2C)ccc1OCC(=O)O. The maximum atomic E-state index is 12.8. The van der Waals surface area contributed by atoms with E-state index >= 15 is 0 Å². The van der Waals surface area contributed by atoms with Crippen molar-refractivity contribution in [3.63, 3.8) is 0 Å². The van der Waals surface area contributed by atoms with Crippen LogP contribution in [0, 0.1) is 13.8 Å². The highest BCUT2D eigenvalue weighted by Crippen LogP contribution is 2.34. The average Bonchev–Trinajstić information content (AvgIpc) is 3.11. The molecule has 1 atom stereocenters. The van der Waals surface area contributed by atoms with Crippen LogP contribution in [0.4, 0.5) is 13.2 Å². The van der Waals surface area contributed by atoms with E-state index in [4.69, 9.17) is 9.84 Å². The number of carboxylic acid groups (broad SMARTS) is 1. The smallest absolute Gasteiger partial charge is 0.416 e. The fourth-order valence-corrected chi connectivity index (χ4v) is 4.28. The van der Waals surface area contributed by atoms with Crippen LogP contribution < -0.4 is 4.74 Å². The van der Waals surface area contributed by atoms with Gasteiger partial charge in [-0.2, -0.15) is 13.2 Å². The second-order valence-electron chi connectivity index (χ2n) is 7.36. The summed E-state index contributed by atoms with van der Waals surface area (Å²) in [5.41, 5.74) is 2.11. The maximum Gasteiger partial charge on any atom is 0.416 e. The molecule has 1 heterocycles. The van der Waals surface area contributed by atoms with Gasteiger partial charge in [0, 0.05) is 10.4 Å². The van der Waals surface area contributed by atoms with Crippen molar-refractivity contribution in [3.05, 3.63) is 69.7 Å². The molecule has 2 aromatic carbocycles. The molecule has 170 valence electrons. The van der Waals surface area contributed by atoms with Crippen LogP contribution in [-0.2, 0) is 17.4 Å². The van der Waals surface area contributed by atoms with Crippen molar-refractivity contribution in [1.29, 1.82) is 0 Å². The van der Waals surface area contributed by atoms with Crippen LogP contribution in [0.2, 0.25) is 0 Å². The first kappa shape index (κ1) is 23.7. The Labute approximate surface area is 187 Å². The lowest BCUT2D eigenvalue weighted by Gasteiger charge is -2.13. The number of aliphatic carboxylic acids is 1. The molecular formula is C23H22F3NO4S. The predicted molar refractivity (Wildman–Crippen MR) is 115 cm³/mol. The maximum absolute atomic E-state index is 12.8. The molecule has 0 saturated carbocycles. The summed E-state index contributed by atoms with van der Waals surface area (Å²) in [5.74, 6) is -0.619. The summed E-state index contributed by atoms with van der Waals surface area (Å²) in [7, 11) is 0. The second-order valence-corrected chi connectivity index (χ2v) is 8.45. The van der Waals surface area contributed by atoms with Crippen LogP contribution in [0.3, 0.4) is 0 Å². The van der Waals surface area contributed by atoms with Crippen molar-refractivity contribution < 1.29 is 32.9 Å².